The fourth-order valence-corrected chi connectivity index (χ4v) is 1.10. The van der Waals surface area contributed by atoms with Crippen molar-refractivity contribution in [2.45, 2.75) is 19.3 Å². The molecule has 1 aliphatic rings. The topological polar surface area (TPSA) is 26.3 Å². The van der Waals surface area contributed by atoms with Crippen LogP contribution in [0, 0.1) is 0 Å². The van der Waals surface area contributed by atoms with Crippen LogP contribution in [0.2, 0.25) is 0 Å². The van der Waals surface area contributed by atoms with Crippen molar-refractivity contribution >= 4 is 5.78 Å². The second-order valence-electron chi connectivity index (χ2n) is 2.89. The van der Waals surface area contributed by atoms with Gasteiger partial charge in [-0.05, 0) is 18.6 Å². The van der Waals surface area contributed by atoms with Crippen molar-refractivity contribution in [1.82, 2.24) is 0 Å². The van der Waals surface area contributed by atoms with Crippen LogP contribution in [-0.4, -0.2) is 12.9 Å². The summed E-state index contributed by atoms with van der Waals surface area (Å²) in [4.78, 5) is 11.2. The van der Waals surface area contributed by atoms with Crippen molar-refractivity contribution in [3.8, 4) is 0 Å². The number of ether oxygens (including phenoxy) is 1. The van der Waals surface area contributed by atoms with Gasteiger partial charge in [0.15, 0.2) is 0 Å². The molecule has 0 spiro atoms. The van der Waals surface area contributed by atoms with Crippen LogP contribution in [0.15, 0.2) is 36.1 Å². The van der Waals surface area contributed by atoms with Crippen LogP contribution in [-0.2, 0) is 9.53 Å². The molecule has 0 aromatic carbocycles. The van der Waals surface area contributed by atoms with Crippen molar-refractivity contribution in [2.24, 2.45) is 0 Å². The van der Waals surface area contributed by atoms with E-state index in [1.165, 1.54) is 0 Å². The third-order valence-electron chi connectivity index (χ3n) is 1.85. The summed E-state index contributed by atoms with van der Waals surface area (Å²) in [5.41, 5.74) is 0. The summed E-state index contributed by atoms with van der Waals surface area (Å²) in [7, 11) is 1.62. The summed E-state index contributed by atoms with van der Waals surface area (Å²) in [6.07, 6.45) is 11.4. The molecule has 0 saturated carbocycles. The summed E-state index contributed by atoms with van der Waals surface area (Å²) < 4.78 is 5.07. The van der Waals surface area contributed by atoms with E-state index in [1.54, 1.807) is 7.11 Å². The molecule has 13 heavy (non-hydrogen) atoms. The first-order chi connectivity index (χ1) is 6.33. The Kier molecular flexibility index (Phi) is 4.03. The molecule has 70 valence electrons. The Morgan fingerprint density at radius 3 is 3.00 bits per heavy atom. The lowest BCUT2D eigenvalue weighted by Gasteiger charge is -2.00. The maximum Gasteiger partial charge on any atom is 0.136 e. The molecule has 0 N–H and O–H groups in total. The van der Waals surface area contributed by atoms with E-state index in [0.717, 1.165) is 12.2 Å². The summed E-state index contributed by atoms with van der Waals surface area (Å²) in [5, 5.41) is 0. The Labute approximate surface area is 78.6 Å². The van der Waals surface area contributed by atoms with Crippen molar-refractivity contribution in [3.63, 3.8) is 0 Å². The van der Waals surface area contributed by atoms with E-state index >= 15 is 0 Å². The largest absolute Gasteiger partial charge is 0.497 e. The number of methoxy groups -OCH3 is 1. The van der Waals surface area contributed by atoms with Crippen molar-refractivity contribution in [1.29, 1.82) is 0 Å². The van der Waals surface area contributed by atoms with Gasteiger partial charge < -0.3 is 4.74 Å². The highest BCUT2D eigenvalue weighted by atomic mass is 16.5. The average molecular weight is 178 g/mol. The van der Waals surface area contributed by atoms with Gasteiger partial charge in [-0.2, -0.15) is 0 Å². The lowest BCUT2D eigenvalue weighted by atomic mass is 10.1. The SMILES string of the molecule is COC1=C/C=C/CCC(=O)C\C=C\1. The van der Waals surface area contributed by atoms with Crippen LogP contribution >= 0.6 is 0 Å². The minimum atomic E-state index is 0.276. The van der Waals surface area contributed by atoms with Gasteiger partial charge in [-0.1, -0.05) is 18.2 Å². The number of rotatable bonds is 1. The van der Waals surface area contributed by atoms with Crippen LogP contribution in [0.4, 0.5) is 0 Å². The molecule has 0 bridgehead atoms. The predicted octanol–water partition coefficient (Wildman–Crippen LogP) is 2.38. The molecule has 0 unspecified atom stereocenters. The zero-order chi connectivity index (χ0) is 9.52. The van der Waals surface area contributed by atoms with E-state index in [0.29, 0.717) is 12.8 Å². The van der Waals surface area contributed by atoms with Crippen LogP contribution in [0.1, 0.15) is 19.3 Å². The van der Waals surface area contributed by atoms with E-state index in [-0.39, 0.29) is 5.78 Å². The third kappa shape index (κ3) is 3.74. The standard InChI is InChI=1S/C11H14O2/c1-13-11-8-4-2-3-6-10(12)7-5-9-11/h2,4-5,8-9H,3,6-7H2,1H3/b4-2+,9-5+,11-8+. The minimum Gasteiger partial charge on any atom is -0.497 e. The molecule has 0 aliphatic heterocycles. The Morgan fingerprint density at radius 1 is 1.38 bits per heavy atom. The number of ketones is 1. The highest BCUT2D eigenvalue weighted by molar-refractivity contribution is 5.80. The van der Waals surface area contributed by atoms with Crippen molar-refractivity contribution in [2.75, 3.05) is 7.11 Å². The Hall–Kier alpha value is -1.31. The molecule has 0 aromatic rings. The average Bonchev–Trinajstić information content (AvgIpc) is 2.15. The number of allylic oxidation sites excluding steroid dienone is 5. The third-order valence-corrected chi connectivity index (χ3v) is 1.85. The second kappa shape index (κ2) is 5.36. The molecule has 0 fully saturated rings. The number of hydrogen-bond donors (Lipinski definition) is 0. The summed E-state index contributed by atoms with van der Waals surface area (Å²) in [5.74, 6) is 1.06. The molecule has 2 nitrogen and oxygen atoms in total. The van der Waals surface area contributed by atoms with Crippen LogP contribution < -0.4 is 0 Å². The fraction of sp³-hybridized carbons (Fsp3) is 0.364. The number of Topliss-reactive ketones (excluding diaryl/α,β-unsaturated/α-hetero) is 1. The first kappa shape index (κ1) is 9.78. The first-order valence-corrected chi connectivity index (χ1v) is 4.42. The van der Waals surface area contributed by atoms with E-state index in [4.69, 9.17) is 4.74 Å². The molecule has 0 atom stereocenters. The minimum absolute atomic E-state index is 0.276. The van der Waals surface area contributed by atoms with Gasteiger partial charge in [0.05, 0.1) is 7.11 Å². The zero-order valence-corrected chi connectivity index (χ0v) is 7.82. The molecule has 0 heterocycles. The lowest BCUT2D eigenvalue weighted by molar-refractivity contribution is -0.118. The summed E-state index contributed by atoms with van der Waals surface area (Å²) in [6.45, 7) is 0. The van der Waals surface area contributed by atoms with E-state index < -0.39 is 0 Å². The van der Waals surface area contributed by atoms with Gasteiger partial charge in [-0.3, -0.25) is 4.79 Å². The van der Waals surface area contributed by atoms with Crippen molar-refractivity contribution in [3.05, 3.63) is 36.1 Å². The normalized spacial score (nSPS) is 27.2. The number of carbonyl (C=O) groups excluding carboxylic acids is 1. The smallest absolute Gasteiger partial charge is 0.136 e. The van der Waals surface area contributed by atoms with E-state index in [2.05, 4.69) is 0 Å². The maximum atomic E-state index is 11.2. The molecule has 1 rings (SSSR count). The summed E-state index contributed by atoms with van der Waals surface area (Å²) >= 11 is 0. The van der Waals surface area contributed by atoms with Gasteiger partial charge in [0.1, 0.15) is 11.5 Å². The maximum absolute atomic E-state index is 11.2. The molecular weight excluding hydrogens is 164 g/mol. The highest BCUT2D eigenvalue weighted by Gasteiger charge is 1.98. The second-order valence-corrected chi connectivity index (χ2v) is 2.89. The molecule has 0 saturated heterocycles. The number of hydrogen-bond acceptors (Lipinski definition) is 2. The Balaban J connectivity index is 2.70. The Bertz CT molecular complexity index is 259. The van der Waals surface area contributed by atoms with Crippen LogP contribution in [0.3, 0.4) is 0 Å². The van der Waals surface area contributed by atoms with Gasteiger partial charge in [-0.15, -0.1) is 0 Å². The van der Waals surface area contributed by atoms with Gasteiger partial charge in [-0.25, -0.2) is 0 Å². The quantitative estimate of drug-likeness (QED) is 0.616. The van der Waals surface area contributed by atoms with Gasteiger partial charge in [0, 0.05) is 12.8 Å². The molecule has 0 aromatic heterocycles. The van der Waals surface area contributed by atoms with E-state index in [9.17, 15) is 4.79 Å². The zero-order valence-electron chi connectivity index (χ0n) is 7.82. The lowest BCUT2D eigenvalue weighted by Crippen LogP contribution is -1.95. The molecular formula is C11H14O2. The predicted molar refractivity (Wildman–Crippen MR) is 52.2 cm³/mol. The molecule has 2 heteroatoms. The van der Waals surface area contributed by atoms with Gasteiger partial charge >= 0.3 is 0 Å². The van der Waals surface area contributed by atoms with Gasteiger partial charge in [0.2, 0.25) is 0 Å². The molecule has 1 aliphatic carbocycles. The number of carbonyl (C=O) groups is 1. The van der Waals surface area contributed by atoms with Crippen LogP contribution in [0.25, 0.3) is 0 Å². The van der Waals surface area contributed by atoms with E-state index in [1.807, 2.05) is 30.4 Å². The Morgan fingerprint density at radius 2 is 2.23 bits per heavy atom. The fourth-order valence-electron chi connectivity index (χ4n) is 1.10. The molecule has 0 amide bonds. The monoisotopic (exact) mass is 178 g/mol. The van der Waals surface area contributed by atoms with Crippen LogP contribution in [0.5, 0.6) is 0 Å². The highest BCUT2D eigenvalue weighted by Crippen LogP contribution is 2.05. The first-order valence-electron chi connectivity index (χ1n) is 4.42. The van der Waals surface area contributed by atoms with Gasteiger partial charge in [0.25, 0.3) is 0 Å². The van der Waals surface area contributed by atoms with Crippen molar-refractivity contribution < 1.29 is 9.53 Å². The summed E-state index contributed by atoms with van der Waals surface area (Å²) in [6, 6.07) is 0. The molecule has 0 radical (unpaired) electrons.